The molecule has 0 saturated carbocycles. The Hall–Kier alpha value is -2.96. The van der Waals surface area contributed by atoms with Crippen LogP contribution in [0.3, 0.4) is 0 Å². The van der Waals surface area contributed by atoms with Crippen molar-refractivity contribution in [1.29, 1.82) is 0 Å². The number of imide groups is 1. The normalized spacial score (nSPS) is 15.2. The molecular formula is C29H44N2O5. The molecule has 36 heavy (non-hydrogen) atoms. The summed E-state index contributed by atoms with van der Waals surface area (Å²) in [6.07, 6.45) is 10.9. The summed E-state index contributed by atoms with van der Waals surface area (Å²) in [7, 11) is 0. The van der Waals surface area contributed by atoms with Crippen LogP contribution < -0.4 is 0 Å². The highest BCUT2D eigenvalue weighted by Gasteiger charge is 2.32. The van der Waals surface area contributed by atoms with E-state index in [0.717, 1.165) is 81.3 Å². The van der Waals surface area contributed by atoms with Crippen LogP contribution in [-0.4, -0.2) is 40.1 Å². The number of ketones is 1. The molecule has 0 aromatic heterocycles. The van der Waals surface area contributed by atoms with Crippen LogP contribution in [0.25, 0.3) is 0 Å². The van der Waals surface area contributed by atoms with Crippen LogP contribution in [0.5, 0.6) is 0 Å². The fourth-order valence-corrected chi connectivity index (χ4v) is 3.91. The Morgan fingerprint density at radius 3 is 1.78 bits per heavy atom. The average Bonchev–Trinajstić information content (AvgIpc) is 3.29. The van der Waals surface area contributed by atoms with E-state index >= 15 is 0 Å². The third-order valence-electron chi connectivity index (χ3n) is 6.09. The van der Waals surface area contributed by atoms with E-state index in [-0.39, 0.29) is 19.3 Å². The van der Waals surface area contributed by atoms with Crippen molar-refractivity contribution in [2.75, 3.05) is 6.54 Å². The Morgan fingerprint density at radius 1 is 0.750 bits per heavy atom. The number of hydrogen-bond donors (Lipinski definition) is 0. The summed E-state index contributed by atoms with van der Waals surface area (Å²) in [5.74, 6) is -1.12. The third kappa shape index (κ3) is 12.7. The topological polar surface area (TPSA) is 84.0 Å². The van der Waals surface area contributed by atoms with Gasteiger partial charge in [-0.25, -0.2) is 4.79 Å². The van der Waals surface area contributed by atoms with Crippen molar-refractivity contribution in [1.82, 2.24) is 9.96 Å². The zero-order valence-electron chi connectivity index (χ0n) is 22.4. The summed E-state index contributed by atoms with van der Waals surface area (Å²) in [6.45, 7) is 20.5. The molecule has 0 radical (unpaired) electrons. The van der Waals surface area contributed by atoms with Crippen LogP contribution in [0.4, 0.5) is 0 Å². The molecule has 0 bridgehead atoms. The average molecular weight is 501 g/mol. The lowest BCUT2D eigenvalue weighted by Gasteiger charge is -2.22. The van der Waals surface area contributed by atoms with E-state index < -0.39 is 17.8 Å². The molecule has 2 saturated heterocycles. The van der Waals surface area contributed by atoms with E-state index in [4.69, 9.17) is 4.84 Å². The minimum atomic E-state index is -0.535. The van der Waals surface area contributed by atoms with Crippen LogP contribution in [-0.2, 0) is 24.0 Å². The summed E-state index contributed by atoms with van der Waals surface area (Å²) in [6, 6.07) is 0. The molecule has 0 N–H and O–H groups in total. The second-order valence-corrected chi connectivity index (χ2v) is 9.79. The highest BCUT2D eigenvalue weighted by molar-refractivity contribution is 6.01. The zero-order chi connectivity index (χ0) is 27.1. The van der Waals surface area contributed by atoms with Gasteiger partial charge in [-0.3, -0.25) is 9.59 Å². The summed E-state index contributed by atoms with van der Waals surface area (Å²) in [5.41, 5.74) is 4.56. The molecule has 0 aromatic rings. The van der Waals surface area contributed by atoms with Crippen molar-refractivity contribution in [3.05, 3.63) is 48.9 Å². The van der Waals surface area contributed by atoms with Crippen LogP contribution in [0.1, 0.15) is 104 Å². The smallest absolute Gasteiger partial charge is 0.333 e. The number of carbonyl (C=O) groups excluding carboxylic acids is 4. The minimum absolute atomic E-state index is 0.115. The number of amides is 2. The summed E-state index contributed by atoms with van der Waals surface area (Å²) >= 11 is 0. The van der Waals surface area contributed by atoms with E-state index in [1.165, 1.54) is 12.0 Å². The molecule has 0 unspecified atom stereocenters. The Balaban J connectivity index is 0.000000497. The lowest BCUT2D eigenvalue weighted by Crippen LogP contribution is -2.31. The Bertz CT molecular complexity index is 758. The molecule has 7 heteroatoms. The molecule has 0 spiro atoms. The first-order chi connectivity index (χ1) is 17.0. The fourth-order valence-electron chi connectivity index (χ4n) is 3.91. The van der Waals surface area contributed by atoms with Gasteiger partial charge in [0.1, 0.15) is 5.78 Å². The molecule has 200 valence electrons. The fraction of sp³-hybridized carbons (Fsp3) is 0.586. The SMILES string of the molecule is C=C(C)CCCCCC(C)=O.C=C(CCCCCC(=O)ON1C(=O)CCC1=O)CN1C(=C)CCC1=C. The molecular weight excluding hydrogens is 456 g/mol. The van der Waals surface area contributed by atoms with Gasteiger partial charge >= 0.3 is 5.97 Å². The predicted octanol–water partition coefficient (Wildman–Crippen LogP) is 6.33. The molecule has 2 aliphatic heterocycles. The molecule has 2 rings (SSSR count). The van der Waals surface area contributed by atoms with E-state index in [9.17, 15) is 19.2 Å². The van der Waals surface area contributed by atoms with Gasteiger partial charge in [0.15, 0.2) is 0 Å². The maximum absolute atomic E-state index is 11.7. The number of unbranched alkanes of at least 4 members (excludes halogenated alkanes) is 4. The van der Waals surface area contributed by atoms with Gasteiger partial charge in [-0.15, -0.1) is 11.6 Å². The number of hydroxylamine groups is 2. The number of Topliss-reactive ketones (excluding diaryl/α,β-unsaturated/α-hetero) is 1. The van der Waals surface area contributed by atoms with Gasteiger partial charge in [0.05, 0.1) is 0 Å². The first-order valence-corrected chi connectivity index (χ1v) is 13.0. The summed E-state index contributed by atoms with van der Waals surface area (Å²) < 4.78 is 0. The van der Waals surface area contributed by atoms with Gasteiger partial charge in [-0.1, -0.05) is 43.7 Å². The molecule has 0 aliphatic carbocycles. The van der Waals surface area contributed by atoms with Gasteiger partial charge in [-0.05, 0) is 65.2 Å². The van der Waals surface area contributed by atoms with Crippen LogP contribution >= 0.6 is 0 Å². The molecule has 0 aromatic carbocycles. The number of nitrogens with zero attached hydrogens (tertiary/aromatic N) is 2. The second-order valence-electron chi connectivity index (χ2n) is 9.79. The maximum atomic E-state index is 11.7. The lowest BCUT2D eigenvalue weighted by molar-refractivity contribution is -0.197. The van der Waals surface area contributed by atoms with Crippen molar-refractivity contribution in [3.8, 4) is 0 Å². The lowest BCUT2D eigenvalue weighted by atomic mass is 10.1. The van der Waals surface area contributed by atoms with Crippen molar-refractivity contribution in [2.45, 2.75) is 104 Å². The molecule has 2 heterocycles. The van der Waals surface area contributed by atoms with Gasteiger partial charge in [-0.2, -0.15) is 0 Å². The first kappa shape index (κ1) is 31.1. The number of carbonyl (C=O) groups is 4. The van der Waals surface area contributed by atoms with Crippen LogP contribution in [0.2, 0.25) is 0 Å². The monoisotopic (exact) mass is 500 g/mol. The summed E-state index contributed by atoms with van der Waals surface area (Å²) in [4.78, 5) is 51.9. The number of rotatable bonds is 15. The summed E-state index contributed by atoms with van der Waals surface area (Å²) in [5, 5.41) is 0.597. The number of allylic oxidation sites excluding steroid dienone is 3. The highest BCUT2D eigenvalue weighted by atomic mass is 16.7. The van der Waals surface area contributed by atoms with Gasteiger partial charge < -0.3 is 14.5 Å². The standard InChI is InChI=1S/C19H26N2O4.C10H18O/c1-14(13-20-15(2)9-10-16(20)3)7-5-4-6-8-19(24)25-21-17(22)11-12-18(21)23;1-9(2)7-5-4-6-8-10(3)11/h1-13H2;1,4-8H2,2-3H3. The molecule has 0 atom stereocenters. The molecule has 2 aliphatic rings. The number of likely N-dealkylation sites (tertiary alicyclic amines) is 1. The van der Waals surface area contributed by atoms with Crippen molar-refractivity contribution in [2.24, 2.45) is 0 Å². The van der Waals surface area contributed by atoms with Crippen molar-refractivity contribution in [3.63, 3.8) is 0 Å². The van der Waals surface area contributed by atoms with E-state index in [1.54, 1.807) is 6.92 Å². The highest BCUT2D eigenvalue weighted by Crippen LogP contribution is 2.29. The molecule has 7 nitrogen and oxygen atoms in total. The third-order valence-corrected chi connectivity index (χ3v) is 6.09. The van der Waals surface area contributed by atoms with Crippen LogP contribution in [0, 0.1) is 0 Å². The van der Waals surface area contributed by atoms with Crippen LogP contribution in [0.15, 0.2) is 48.9 Å². The van der Waals surface area contributed by atoms with Gasteiger partial charge in [0.25, 0.3) is 11.8 Å². The number of hydrogen-bond acceptors (Lipinski definition) is 6. The second kappa shape index (κ2) is 16.7. The quantitative estimate of drug-likeness (QED) is 0.148. The zero-order valence-corrected chi connectivity index (χ0v) is 22.4. The predicted molar refractivity (Wildman–Crippen MR) is 142 cm³/mol. The Kier molecular flexibility index (Phi) is 14.4. The minimum Gasteiger partial charge on any atom is -0.346 e. The first-order valence-electron chi connectivity index (χ1n) is 13.0. The maximum Gasteiger partial charge on any atom is 0.333 e. The Morgan fingerprint density at radius 2 is 1.25 bits per heavy atom. The van der Waals surface area contributed by atoms with E-state index in [0.29, 0.717) is 17.3 Å². The van der Waals surface area contributed by atoms with Gasteiger partial charge in [0, 0.05) is 43.6 Å². The van der Waals surface area contributed by atoms with E-state index in [2.05, 4.69) is 31.2 Å². The molecule has 2 amide bonds. The van der Waals surface area contributed by atoms with Crippen molar-refractivity contribution >= 4 is 23.6 Å². The largest absolute Gasteiger partial charge is 0.346 e. The van der Waals surface area contributed by atoms with E-state index in [1.807, 2.05) is 6.92 Å². The Labute approximate surface area is 216 Å². The van der Waals surface area contributed by atoms with Gasteiger partial charge in [0.2, 0.25) is 0 Å². The van der Waals surface area contributed by atoms with Crippen molar-refractivity contribution < 1.29 is 24.0 Å². The molecule has 2 fully saturated rings.